The van der Waals surface area contributed by atoms with Crippen molar-refractivity contribution < 1.29 is 14.8 Å². The highest BCUT2D eigenvalue weighted by atomic mass is 16.6. The van der Waals surface area contributed by atoms with Crippen molar-refractivity contribution >= 4 is 23.3 Å². The van der Waals surface area contributed by atoms with Gasteiger partial charge in [-0.05, 0) is 24.3 Å². The Labute approximate surface area is 148 Å². The van der Waals surface area contributed by atoms with E-state index >= 15 is 0 Å². The van der Waals surface area contributed by atoms with Crippen LogP contribution in [0.25, 0.3) is 5.69 Å². The number of carbonyl (C=O) groups is 1. The van der Waals surface area contributed by atoms with Crippen LogP contribution in [-0.2, 0) is 4.79 Å². The number of allylic oxidation sites excluding steroid dienone is 1. The van der Waals surface area contributed by atoms with Gasteiger partial charge in [0.15, 0.2) is 0 Å². The lowest BCUT2D eigenvalue weighted by Crippen LogP contribution is -2.22. The second kappa shape index (κ2) is 9.37. The smallest absolute Gasteiger partial charge is 0.300 e. The van der Waals surface area contributed by atoms with E-state index in [0.29, 0.717) is 17.1 Å². The van der Waals surface area contributed by atoms with Crippen LogP contribution in [0, 0.1) is 10.1 Å². The molecule has 1 aromatic heterocycles. The number of nitro benzene ring substituents is 1. The van der Waals surface area contributed by atoms with Crippen LogP contribution in [0.1, 0.15) is 12.6 Å². The summed E-state index contributed by atoms with van der Waals surface area (Å²) in [5.41, 5.74) is 11.9. The van der Waals surface area contributed by atoms with Gasteiger partial charge in [0, 0.05) is 19.2 Å². The molecule has 2 rings (SSSR count). The van der Waals surface area contributed by atoms with Crippen molar-refractivity contribution in [2.75, 3.05) is 0 Å². The van der Waals surface area contributed by atoms with Crippen LogP contribution in [0.15, 0.2) is 65.5 Å². The molecule has 0 fully saturated rings. The summed E-state index contributed by atoms with van der Waals surface area (Å²) in [6, 6.07) is 9.86. The Bertz CT molecular complexity index is 861. The van der Waals surface area contributed by atoms with Crippen LogP contribution in [-0.4, -0.2) is 32.2 Å². The molecule has 1 heterocycles. The lowest BCUT2D eigenvalue weighted by molar-refractivity contribution is -0.384. The van der Waals surface area contributed by atoms with E-state index in [1.165, 1.54) is 12.1 Å². The van der Waals surface area contributed by atoms with Gasteiger partial charge in [-0.25, -0.2) is 0 Å². The summed E-state index contributed by atoms with van der Waals surface area (Å²) in [6.07, 6.45) is 3.15. The van der Waals surface area contributed by atoms with Gasteiger partial charge in [-0.15, -0.1) is 10.2 Å². The number of aromatic nitrogens is 1. The third-order valence-electron chi connectivity index (χ3n) is 2.82. The minimum Gasteiger partial charge on any atom is -0.481 e. The molecule has 0 aliphatic carbocycles. The Kier molecular flexibility index (Phi) is 7.24. The predicted molar refractivity (Wildman–Crippen MR) is 98.3 cm³/mol. The zero-order valence-electron chi connectivity index (χ0n) is 13.9. The Morgan fingerprint density at radius 1 is 1.27 bits per heavy atom. The Morgan fingerprint density at radius 3 is 2.42 bits per heavy atom. The molecule has 2 aromatic rings. The lowest BCUT2D eigenvalue weighted by Gasteiger charge is -2.09. The van der Waals surface area contributed by atoms with Crippen molar-refractivity contribution in [1.29, 1.82) is 0 Å². The first kappa shape index (κ1) is 20.1. The van der Waals surface area contributed by atoms with Crippen molar-refractivity contribution in [1.82, 2.24) is 4.57 Å². The summed E-state index contributed by atoms with van der Waals surface area (Å²) in [6.45, 7) is 4.74. The highest BCUT2D eigenvalue weighted by molar-refractivity contribution is 6.08. The fraction of sp³-hybridized carbons (Fsp3) is 0.0625. The standard InChI is InChI=1S/C14H14N6O2.C2H4O2/c1-2-10(17-18-14(15)16)11-8-5-9-19(11)12-6-3-4-7-13(12)20(21)22;1-2(3)4/h2-9H,1H2,(H4,15,16,18);1H3,(H,3,4). The molecule has 0 aliphatic heterocycles. The number of rotatable bonds is 5. The maximum Gasteiger partial charge on any atom is 0.300 e. The minimum absolute atomic E-state index is 0.0230. The Balaban J connectivity index is 0.000000765. The van der Waals surface area contributed by atoms with E-state index in [1.807, 2.05) is 0 Å². The van der Waals surface area contributed by atoms with E-state index in [1.54, 1.807) is 41.1 Å². The molecule has 1 aromatic carbocycles. The van der Waals surface area contributed by atoms with Crippen LogP contribution >= 0.6 is 0 Å². The first-order chi connectivity index (χ1) is 12.3. The van der Waals surface area contributed by atoms with Gasteiger partial charge in [0.1, 0.15) is 11.4 Å². The second-order valence-electron chi connectivity index (χ2n) is 4.74. The molecule has 136 valence electrons. The van der Waals surface area contributed by atoms with E-state index in [4.69, 9.17) is 21.4 Å². The zero-order valence-corrected chi connectivity index (χ0v) is 13.9. The van der Waals surface area contributed by atoms with Crippen LogP contribution in [0.2, 0.25) is 0 Å². The number of carboxylic acids is 1. The predicted octanol–water partition coefficient (Wildman–Crippen LogP) is 1.64. The molecule has 0 aliphatic rings. The number of guanidine groups is 1. The average molecular weight is 358 g/mol. The van der Waals surface area contributed by atoms with Crippen LogP contribution in [0.3, 0.4) is 0 Å². The zero-order chi connectivity index (χ0) is 19.7. The summed E-state index contributed by atoms with van der Waals surface area (Å²) >= 11 is 0. The summed E-state index contributed by atoms with van der Waals surface area (Å²) in [4.78, 5) is 19.7. The molecule has 0 saturated heterocycles. The van der Waals surface area contributed by atoms with E-state index in [-0.39, 0.29) is 11.6 Å². The number of nitro groups is 1. The van der Waals surface area contributed by atoms with Gasteiger partial charge in [0.05, 0.1) is 10.6 Å². The topological polar surface area (TPSA) is 162 Å². The number of hydrogen-bond donors (Lipinski definition) is 3. The lowest BCUT2D eigenvalue weighted by atomic mass is 10.2. The number of nitrogens with two attached hydrogens (primary N) is 2. The fourth-order valence-corrected chi connectivity index (χ4v) is 1.93. The fourth-order valence-electron chi connectivity index (χ4n) is 1.93. The Hall–Kier alpha value is -3.95. The molecule has 10 heteroatoms. The highest BCUT2D eigenvalue weighted by Crippen LogP contribution is 2.24. The average Bonchev–Trinajstić information content (AvgIpc) is 3.04. The molecule has 5 N–H and O–H groups in total. The molecule has 0 amide bonds. The van der Waals surface area contributed by atoms with Gasteiger partial charge in [-0.2, -0.15) is 0 Å². The molecule has 0 bridgehead atoms. The van der Waals surface area contributed by atoms with Crippen LogP contribution < -0.4 is 11.5 Å². The summed E-state index contributed by atoms with van der Waals surface area (Å²) in [7, 11) is 0. The minimum atomic E-state index is -0.833. The molecule has 0 radical (unpaired) electrons. The number of carboxylic acid groups (broad SMARTS) is 1. The Morgan fingerprint density at radius 2 is 1.88 bits per heavy atom. The first-order valence-electron chi connectivity index (χ1n) is 7.18. The van der Waals surface area contributed by atoms with Crippen molar-refractivity contribution in [3.05, 3.63) is 71.1 Å². The van der Waals surface area contributed by atoms with Gasteiger partial charge in [-0.3, -0.25) is 14.9 Å². The third kappa shape index (κ3) is 5.60. The maximum absolute atomic E-state index is 11.2. The van der Waals surface area contributed by atoms with Gasteiger partial charge in [-0.1, -0.05) is 18.7 Å². The van der Waals surface area contributed by atoms with Gasteiger partial charge in [0.2, 0.25) is 5.96 Å². The van der Waals surface area contributed by atoms with E-state index in [0.717, 1.165) is 6.92 Å². The van der Waals surface area contributed by atoms with Crippen molar-refractivity contribution in [2.24, 2.45) is 21.7 Å². The number of hydrogen-bond acceptors (Lipinski definition) is 5. The van der Waals surface area contributed by atoms with Crippen molar-refractivity contribution in [2.45, 2.75) is 6.92 Å². The van der Waals surface area contributed by atoms with Gasteiger partial charge < -0.3 is 21.1 Å². The molecule has 0 saturated carbocycles. The summed E-state index contributed by atoms with van der Waals surface area (Å²) in [5, 5.41) is 26.1. The number of benzene rings is 1. The number of aliphatic carboxylic acids is 1. The number of para-hydroxylation sites is 2. The largest absolute Gasteiger partial charge is 0.481 e. The molecule has 0 atom stereocenters. The van der Waals surface area contributed by atoms with Gasteiger partial charge >= 0.3 is 0 Å². The van der Waals surface area contributed by atoms with Gasteiger partial charge in [0.25, 0.3) is 11.7 Å². The summed E-state index contributed by atoms with van der Waals surface area (Å²) in [5.74, 6) is -1.02. The van der Waals surface area contributed by atoms with E-state index in [2.05, 4.69) is 16.8 Å². The normalized spacial score (nSPS) is 10.3. The first-order valence-corrected chi connectivity index (χ1v) is 7.18. The van der Waals surface area contributed by atoms with Crippen LogP contribution in [0.4, 0.5) is 5.69 Å². The second-order valence-corrected chi connectivity index (χ2v) is 4.74. The summed E-state index contributed by atoms with van der Waals surface area (Å²) < 4.78 is 1.63. The third-order valence-corrected chi connectivity index (χ3v) is 2.82. The van der Waals surface area contributed by atoms with Crippen LogP contribution in [0.5, 0.6) is 0 Å². The molecular weight excluding hydrogens is 340 g/mol. The van der Waals surface area contributed by atoms with E-state index < -0.39 is 10.9 Å². The molecule has 26 heavy (non-hydrogen) atoms. The SMILES string of the molecule is C=CC(=NN=C(N)N)c1cccn1-c1ccccc1[N+](=O)[O-].CC(=O)O. The monoisotopic (exact) mass is 358 g/mol. The number of nitrogens with zero attached hydrogens (tertiary/aromatic N) is 4. The molecule has 10 nitrogen and oxygen atoms in total. The van der Waals surface area contributed by atoms with E-state index in [9.17, 15) is 10.1 Å². The van der Waals surface area contributed by atoms with Crippen molar-refractivity contribution in [3.8, 4) is 5.69 Å². The molecular formula is C16H18N6O4. The molecule has 0 unspecified atom stereocenters. The quantitative estimate of drug-likeness (QED) is 0.318. The molecule has 0 spiro atoms. The highest BCUT2D eigenvalue weighted by Gasteiger charge is 2.17. The maximum atomic E-state index is 11.2. The van der Waals surface area contributed by atoms with Crippen molar-refractivity contribution in [3.63, 3.8) is 0 Å².